The zero-order valence-corrected chi connectivity index (χ0v) is 11.9. The maximum Gasteiger partial charge on any atom is 0.418 e. The molecule has 118 valence electrons. The van der Waals surface area contributed by atoms with E-state index < -0.39 is 22.5 Å². The lowest BCUT2D eigenvalue weighted by atomic mass is 9.94. The number of piperidine rings is 1. The minimum absolute atomic E-state index is 0.180. The highest BCUT2D eigenvalue weighted by Gasteiger charge is 2.49. The molecular formula is C10H16N4O6S. The highest BCUT2D eigenvalue weighted by molar-refractivity contribution is 7.80. The first kappa shape index (κ1) is 14.5. The minimum Gasteiger partial charge on any atom is -0.391 e. The van der Waals surface area contributed by atoms with Crippen molar-refractivity contribution in [1.82, 2.24) is 9.96 Å². The Labute approximate surface area is 121 Å². The molecule has 2 fully saturated rings. The second kappa shape index (κ2) is 5.09. The first-order chi connectivity index (χ1) is 9.89. The fraction of sp³-hybridized carbons (Fsp3) is 0.800. The highest BCUT2D eigenvalue weighted by atomic mass is 32.3. The molecule has 3 aliphatic rings. The molecule has 10 nitrogen and oxygen atoms in total. The van der Waals surface area contributed by atoms with Crippen LogP contribution in [0.25, 0.3) is 0 Å². The summed E-state index contributed by atoms with van der Waals surface area (Å²) in [5.41, 5.74) is 6.25. The molecule has 3 rings (SSSR count). The molecule has 3 aliphatic heterocycles. The Morgan fingerprint density at radius 2 is 2.24 bits per heavy atom. The fourth-order valence-corrected chi connectivity index (χ4v) is 3.34. The number of hydroxylamine groups is 2. The van der Waals surface area contributed by atoms with Gasteiger partial charge in [0.05, 0.1) is 17.8 Å². The van der Waals surface area contributed by atoms with Gasteiger partial charge in [0, 0.05) is 19.5 Å². The van der Waals surface area contributed by atoms with E-state index in [1.54, 1.807) is 0 Å². The van der Waals surface area contributed by atoms with E-state index in [0.29, 0.717) is 37.4 Å². The Hall–Kier alpha value is -1.43. The van der Waals surface area contributed by atoms with Gasteiger partial charge in [0.1, 0.15) is 6.10 Å². The second-order valence-corrected chi connectivity index (χ2v) is 6.26. The summed E-state index contributed by atoms with van der Waals surface area (Å²) < 4.78 is 34.7. The van der Waals surface area contributed by atoms with Crippen LogP contribution in [0.4, 0.5) is 4.79 Å². The lowest BCUT2D eigenvalue weighted by Crippen LogP contribution is -2.45. The summed E-state index contributed by atoms with van der Waals surface area (Å²) in [5.74, 6) is 0. The van der Waals surface area contributed by atoms with E-state index in [-0.39, 0.29) is 12.1 Å². The fourth-order valence-electron chi connectivity index (χ4n) is 2.95. The standard InChI is InChI=1S/C10H16N4O6S/c11-4-7-3-8(12-19-7)9-2-1-6-5-13(9)10(15)14(6)20-21(16,17)18/h6-7,9H,1-5,11H2,(H,16,17,18)/t6?,7-,9+/m1/s1. The molecule has 1 unspecified atom stereocenters. The Balaban J connectivity index is 1.74. The smallest absolute Gasteiger partial charge is 0.391 e. The molecule has 2 bridgehead atoms. The number of fused-ring (bicyclic) bond motifs is 2. The highest BCUT2D eigenvalue weighted by Crippen LogP contribution is 2.33. The van der Waals surface area contributed by atoms with E-state index in [2.05, 4.69) is 9.44 Å². The molecule has 0 spiro atoms. The van der Waals surface area contributed by atoms with Crippen molar-refractivity contribution in [1.29, 1.82) is 0 Å². The SMILES string of the molecule is NC[C@H]1CC([C@@H]2CCC3CN2C(=O)N3OS(=O)(=O)O)=NO1. The molecule has 2 amide bonds. The Bertz CT molecular complexity index is 578. The summed E-state index contributed by atoms with van der Waals surface area (Å²) in [7, 11) is -4.72. The van der Waals surface area contributed by atoms with Gasteiger partial charge in [0.2, 0.25) is 0 Å². The van der Waals surface area contributed by atoms with E-state index >= 15 is 0 Å². The monoisotopic (exact) mass is 320 g/mol. The Morgan fingerprint density at radius 1 is 1.48 bits per heavy atom. The van der Waals surface area contributed by atoms with Gasteiger partial charge in [0.25, 0.3) is 0 Å². The third-order valence-electron chi connectivity index (χ3n) is 3.90. The number of amides is 2. The third-order valence-corrected chi connectivity index (χ3v) is 4.25. The zero-order chi connectivity index (χ0) is 15.2. The van der Waals surface area contributed by atoms with Crippen molar-refractivity contribution in [3.8, 4) is 0 Å². The van der Waals surface area contributed by atoms with Crippen molar-refractivity contribution in [2.45, 2.75) is 37.5 Å². The number of hydrogen-bond acceptors (Lipinski definition) is 7. The van der Waals surface area contributed by atoms with Crippen LogP contribution in [0.2, 0.25) is 0 Å². The number of urea groups is 1. The van der Waals surface area contributed by atoms with Crippen LogP contribution in [0, 0.1) is 0 Å². The molecule has 0 saturated carbocycles. The van der Waals surface area contributed by atoms with Crippen molar-refractivity contribution < 1.29 is 26.9 Å². The van der Waals surface area contributed by atoms with Gasteiger partial charge >= 0.3 is 16.4 Å². The van der Waals surface area contributed by atoms with Crippen LogP contribution in [0.3, 0.4) is 0 Å². The molecule has 0 aromatic rings. The molecule has 0 aliphatic carbocycles. The lowest BCUT2D eigenvalue weighted by molar-refractivity contribution is -0.0316. The van der Waals surface area contributed by atoms with Crippen LogP contribution >= 0.6 is 0 Å². The molecule has 0 radical (unpaired) electrons. The van der Waals surface area contributed by atoms with E-state index in [1.165, 1.54) is 4.90 Å². The summed E-state index contributed by atoms with van der Waals surface area (Å²) in [6.07, 6.45) is 1.55. The van der Waals surface area contributed by atoms with Crippen molar-refractivity contribution in [2.24, 2.45) is 10.9 Å². The number of hydrogen-bond donors (Lipinski definition) is 2. The van der Waals surface area contributed by atoms with Gasteiger partial charge in [-0.25, -0.2) is 4.79 Å². The van der Waals surface area contributed by atoms with Crippen LogP contribution in [0.5, 0.6) is 0 Å². The largest absolute Gasteiger partial charge is 0.418 e. The van der Waals surface area contributed by atoms with E-state index in [0.717, 1.165) is 5.71 Å². The van der Waals surface area contributed by atoms with Gasteiger partial charge in [-0.3, -0.25) is 4.55 Å². The average molecular weight is 320 g/mol. The lowest BCUT2D eigenvalue weighted by Gasteiger charge is -2.29. The first-order valence-corrected chi connectivity index (χ1v) is 7.95. The van der Waals surface area contributed by atoms with Crippen LogP contribution in [-0.2, 0) is 19.5 Å². The first-order valence-electron chi connectivity index (χ1n) is 6.58. The predicted molar refractivity (Wildman–Crippen MR) is 69.4 cm³/mol. The molecule has 2 saturated heterocycles. The number of carbonyl (C=O) groups is 1. The van der Waals surface area contributed by atoms with E-state index in [9.17, 15) is 13.2 Å². The Morgan fingerprint density at radius 3 is 2.86 bits per heavy atom. The molecule has 3 heterocycles. The van der Waals surface area contributed by atoms with Crippen molar-refractivity contribution in [3.05, 3.63) is 0 Å². The molecule has 3 atom stereocenters. The third kappa shape index (κ3) is 2.69. The van der Waals surface area contributed by atoms with Crippen molar-refractivity contribution in [2.75, 3.05) is 13.1 Å². The number of nitrogens with zero attached hydrogens (tertiary/aromatic N) is 3. The van der Waals surface area contributed by atoms with Crippen molar-refractivity contribution >= 4 is 22.1 Å². The van der Waals surface area contributed by atoms with Gasteiger partial charge in [-0.05, 0) is 12.8 Å². The quantitative estimate of drug-likeness (QED) is 0.640. The number of carbonyl (C=O) groups excluding carboxylic acids is 1. The number of nitrogens with two attached hydrogens (primary N) is 1. The van der Waals surface area contributed by atoms with Gasteiger partial charge in [-0.15, -0.1) is 4.28 Å². The number of rotatable bonds is 4. The molecule has 11 heteroatoms. The zero-order valence-electron chi connectivity index (χ0n) is 11.1. The maximum atomic E-state index is 12.2. The van der Waals surface area contributed by atoms with Gasteiger partial charge in [0.15, 0.2) is 0 Å². The molecule has 0 aromatic carbocycles. The van der Waals surface area contributed by atoms with Crippen molar-refractivity contribution in [3.63, 3.8) is 0 Å². The molecular weight excluding hydrogens is 304 g/mol. The minimum atomic E-state index is -4.72. The van der Waals surface area contributed by atoms with Crippen LogP contribution in [-0.4, -0.2) is 66.0 Å². The van der Waals surface area contributed by atoms with Crippen LogP contribution in [0.1, 0.15) is 19.3 Å². The van der Waals surface area contributed by atoms with Crippen LogP contribution in [0.15, 0.2) is 5.16 Å². The predicted octanol–water partition coefficient (Wildman–Crippen LogP) is -0.907. The van der Waals surface area contributed by atoms with E-state index in [1.807, 2.05) is 0 Å². The van der Waals surface area contributed by atoms with Gasteiger partial charge in [-0.1, -0.05) is 5.16 Å². The summed E-state index contributed by atoms with van der Waals surface area (Å²) in [6, 6.07) is -1.25. The van der Waals surface area contributed by atoms with Crippen LogP contribution < -0.4 is 5.73 Å². The Kier molecular flexibility index (Phi) is 3.51. The average Bonchev–Trinajstić information content (AvgIpc) is 2.98. The molecule has 3 N–H and O–H groups in total. The van der Waals surface area contributed by atoms with Gasteiger partial charge in [-0.2, -0.15) is 13.5 Å². The topological polar surface area (TPSA) is 135 Å². The summed E-state index contributed by atoms with van der Waals surface area (Å²) in [5, 5.41) is 4.69. The summed E-state index contributed by atoms with van der Waals surface area (Å²) in [4.78, 5) is 18.9. The van der Waals surface area contributed by atoms with Gasteiger partial charge < -0.3 is 15.5 Å². The maximum absolute atomic E-state index is 12.2. The second-order valence-electron chi connectivity index (χ2n) is 5.26. The summed E-state index contributed by atoms with van der Waals surface area (Å²) in [6.45, 7) is 0.666. The summed E-state index contributed by atoms with van der Waals surface area (Å²) >= 11 is 0. The number of oxime groups is 1. The van der Waals surface area contributed by atoms with E-state index in [4.69, 9.17) is 15.1 Å². The normalized spacial score (nSPS) is 32.4. The molecule has 0 aromatic heterocycles. The molecule has 21 heavy (non-hydrogen) atoms.